The summed E-state index contributed by atoms with van der Waals surface area (Å²) in [6.07, 6.45) is 1.28. The Morgan fingerprint density at radius 3 is 2.65 bits per heavy atom. The molecule has 0 bridgehead atoms. The average Bonchev–Trinajstić information content (AvgIpc) is 3.28. The first-order chi connectivity index (χ1) is 12.6. The number of ether oxygens (including phenoxy) is 2. The monoisotopic (exact) mass is 355 g/mol. The van der Waals surface area contributed by atoms with E-state index in [2.05, 4.69) is 14.8 Å². The van der Waals surface area contributed by atoms with Crippen molar-refractivity contribution in [3.8, 4) is 17.2 Å². The Hall–Kier alpha value is -2.93. The largest absolute Gasteiger partial charge is 0.485 e. The molecule has 0 fully saturated rings. The van der Waals surface area contributed by atoms with Gasteiger partial charge < -0.3 is 18.5 Å². The molecule has 0 aliphatic carbocycles. The summed E-state index contributed by atoms with van der Waals surface area (Å²) < 4.78 is 18.0. The second kappa shape index (κ2) is 7.97. The lowest BCUT2D eigenvalue weighted by atomic mass is 10.1. The molecule has 0 aliphatic rings. The standard InChI is InChI=1S/C19H21N3O4/c1-13-10-17(14(2)22(13)8-9-24-3)18(23)11-25-16-6-4-15(5-7-16)19-21-20-12-26-19/h4-7,10,12H,8-9,11H2,1-3H3. The summed E-state index contributed by atoms with van der Waals surface area (Å²) >= 11 is 0. The van der Waals surface area contributed by atoms with Crippen molar-refractivity contribution >= 4 is 5.78 Å². The fourth-order valence-corrected chi connectivity index (χ4v) is 2.83. The quantitative estimate of drug-likeness (QED) is 0.578. The first kappa shape index (κ1) is 17.9. The zero-order valence-electron chi connectivity index (χ0n) is 15.1. The van der Waals surface area contributed by atoms with Crippen molar-refractivity contribution in [2.24, 2.45) is 0 Å². The molecule has 0 unspecified atom stereocenters. The maximum Gasteiger partial charge on any atom is 0.247 e. The number of rotatable bonds is 8. The third-order valence-corrected chi connectivity index (χ3v) is 4.22. The van der Waals surface area contributed by atoms with Gasteiger partial charge in [-0.15, -0.1) is 10.2 Å². The number of aromatic nitrogens is 3. The van der Waals surface area contributed by atoms with Gasteiger partial charge in [0.05, 0.1) is 6.61 Å². The van der Waals surface area contributed by atoms with E-state index in [-0.39, 0.29) is 12.4 Å². The van der Waals surface area contributed by atoms with Crippen LogP contribution in [0.3, 0.4) is 0 Å². The summed E-state index contributed by atoms with van der Waals surface area (Å²) in [7, 11) is 1.66. The van der Waals surface area contributed by atoms with Crippen LogP contribution in [0.25, 0.3) is 11.5 Å². The van der Waals surface area contributed by atoms with E-state index >= 15 is 0 Å². The minimum absolute atomic E-state index is 0.0194. The molecular weight excluding hydrogens is 334 g/mol. The van der Waals surface area contributed by atoms with Gasteiger partial charge in [-0.05, 0) is 44.2 Å². The smallest absolute Gasteiger partial charge is 0.247 e. The number of hydrogen-bond donors (Lipinski definition) is 0. The highest BCUT2D eigenvalue weighted by molar-refractivity contribution is 5.98. The van der Waals surface area contributed by atoms with Crippen molar-refractivity contribution in [2.75, 3.05) is 20.3 Å². The number of hydrogen-bond acceptors (Lipinski definition) is 6. The van der Waals surface area contributed by atoms with Crippen LogP contribution in [0.15, 0.2) is 41.1 Å². The highest BCUT2D eigenvalue weighted by atomic mass is 16.5. The number of aryl methyl sites for hydroxylation is 1. The van der Waals surface area contributed by atoms with Crippen LogP contribution in [0, 0.1) is 13.8 Å². The van der Waals surface area contributed by atoms with Gasteiger partial charge in [0, 0.05) is 36.2 Å². The van der Waals surface area contributed by atoms with Gasteiger partial charge in [-0.1, -0.05) is 0 Å². The molecule has 2 aromatic heterocycles. The van der Waals surface area contributed by atoms with E-state index in [9.17, 15) is 4.79 Å². The lowest BCUT2D eigenvalue weighted by molar-refractivity contribution is 0.0920. The first-order valence-electron chi connectivity index (χ1n) is 8.28. The van der Waals surface area contributed by atoms with Gasteiger partial charge in [0.15, 0.2) is 6.61 Å². The van der Waals surface area contributed by atoms with Gasteiger partial charge in [-0.25, -0.2) is 0 Å². The van der Waals surface area contributed by atoms with E-state index in [1.165, 1.54) is 6.39 Å². The summed E-state index contributed by atoms with van der Waals surface area (Å²) in [5, 5.41) is 7.50. The van der Waals surface area contributed by atoms with Crippen LogP contribution < -0.4 is 4.74 Å². The Morgan fingerprint density at radius 1 is 1.23 bits per heavy atom. The van der Waals surface area contributed by atoms with Gasteiger partial charge in [0.2, 0.25) is 18.1 Å². The molecule has 7 heteroatoms. The topological polar surface area (TPSA) is 79.4 Å². The molecule has 2 heterocycles. The number of carbonyl (C=O) groups is 1. The predicted molar refractivity (Wildman–Crippen MR) is 95.3 cm³/mol. The maximum atomic E-state index is 12.5. The van der Waals surface area contributed by atoms with Crippen LogP contribution >= 0.6 is 0 Å². The maximum absolute atomic E-state index is 12.5. The molecule has 26 heavy (non-hydrogen) atoms. The number of methoxy groups -OCH3 is 1. The lowest BCUT2D eigenvalue weighted by Gasteiger charge is -2.09. The Morgan fingerprint density at radius 2 is 2.00 bits per heavy atom. The molecule has 0 aliphatic heterocycles. The molecule has 3 rings (SSSR count). The summed E-state index contributed by atoms with van der Waals surface area (Å²) in [6.45, 7) is 5.23. The van der Waals surface area contributed by atoms with Crippen molar-refractivity contribution in [1.82, 2.24) is 14.8 Å². The van der Waals surface area contributed by atoms with Crippen molar-refractivity contribution < 1.29 is 18.7 Å². The second-order valence-corrected chi connectivity index (χ2v) is 5.91. The van der Waals surface area contributed by atoms with Crippen molar-refractivity contribution in [3.05, 3.63) is 53.7 Å². The predicted octanol–water partition coefficient (Wildman–Crippen LogP) is 3.06. The van der Waals surface area contributed by atoms with Crippen LogP contribution in [0.2, 0.25) is 0 Å². The van der Waals surface area contributed by atoms with Gasteiger partial charge in [0.25, 0.3) is 0 Å². The molecule has 1 aromatic carbocycles. The second-order valence-electron chi connectivity index (χ2n) is 5.91. The van der Waals surface area contributed by atoms with Crippen LogP contribution in [-0.4, -0.2) is 40.9 Å². The average molecular weight is 355 g/mol. The Labute approximate surface area is 151 Å². The highest BCUT2D eigenvalue weighted by Gasteiger charge is 2.16. The minimum atomic E-state index is -0.0530. The summed E-state index contributed by atoms with van der Waals surface area (Å²) in [5.74, 6) is 0.994. The number of Topliss-reactive ketones (excluding diaryl/α,β-unsaturated/α-hetero) is 1. The van der Waals surface area contributed by atoms with Crippen molar-refractivity contribution in [3.63, 3.8) is 0 Å². The van der Waals surface area contributed by atoms with E-state index in [0.717, 1.165) is 23.5 Å². The zero-order valence-corrected chi connectivity index (χ0v) is 15.1. The normalized spacial score (nSPS) is 10.9. The molecule has 7 nitrogen and oxygen atoms in total. The zero-order chi connectivity index (χ0) is 18.5. The van der Waals surface area contributed by atoms with E-state index in [0.29, 0.717) is 23.8 Å². The molecular formula is C19H21N3O4. The molecule has 0 radical (unpaired) electrons. The molecule has 0 N–H and O–H groups in total. The van der Waals surface area contributed by atoms with Gasteiger partial charge in [-0.3, -0.25) is 4.79 Å². The highest BCUT2D eigenvalue weighted by Crippen LogP contribution is 2.21. The molecule has 3 aromatic rings. The molecule has 0 saturated heterocycles. The van der Waals surface area contributed by atoms with E-state index in [4.69, 9.17) is 13.9 Å². The molecule has 0 amide bonds. The summed E-state index contributed by atoms with van der Waals surface area (Å²) in [6, 6.07) is 9.06. The Kier molecular flexibility index (Phi) is 5.48. The molecule has 0 spiro atoms. The Bertz CT molecular complexity index is 867. The Balaban J connectivity index is 1.64. The summed E-state index contributed by atoms with van der Waals surface area (Å²) in [4.78, 5) is 12.5. The third kappa shape index (κ3) is 3.83. The van der Waals surface area contributed by atoms with Crippen LogP contribution in [0.5, 0.6) is 5.75 Å². The molecule has 0 atom stereocenters. The van der Waals surface area contributed by atoms with Gasteiger partial charge in [0.1, 0.15) is 5.75 Å². The van der Waals surface area contributed by atoms with Crippen LogP contribution in [0.4, 0.5) is 0 Å². The molecule has 0 saturated carbocycles. The number of nitrogens with zero attached hydrogens (tertiary/aromatic N) is 3. The van der Waals surface area contributed by atoms with Crippen LogP contribution in [-0.2, 0) is 11.3 Å². The van der Waals surface area contributed by atoms with E-state index in [1.54, 1.807) is 19.2 Å². The summed E-state index contributed by atoms with van der Waals surface area (Å²) in [5.41, 5.74) is 3.44. The first-order valence-corrected chi connectivity index (χ1v) is 8.28. The minimum Gasteiger partial charge on any atom is -0.485 e. The van der Waals surface area contributed by atoms with E-state index in [1.807, 2.05) is 32.0 Å². The number of benzene rings is 1. The molecule has 136 valence electrons. The fourth-order valence-electron chi connectivity index (χ4n) is 2.83. The fraction of sp³-hybridized carbons (Fsp3) is 0.316. The third-order valence-electron chi connectivity index (χ3n) is 4.22. The van der Waals surface area contributed by atoms with Crippen molar-refractivity contribution in [1.29, 1.82) is 0 Å². The van der Waals surface area contributed by atoms with E-state index < -0.39 is 0 Å². The van der Waals surface area contributed by atoms with Gasteiger partial charge >= 0.3 is 0 Å². The number of ketones is 1. The number of carbonyl (C=O) groups excluding carboxylic acids is 1. The van der Waals surface area contributed by atoms with Gasteiger partial charge in [-0.2, -0.15) is 0 Å². The SMILES string of the molecule is COCCn1c(C)cc(C(=O)COc2ccc(-c3nnco3)cc2)c1C. The van der Waals surface area contributed by atoms with Crippen molar-refractivity contribution in [2.45, 2.75) is 20.4 Å². The lowest BCUT2D eigenvalue weighted by Crippen LogP contribution is -2.13. The van der Waals surface area contributed by atoms with Crippen LogP contribution in [0.1, 0.15) is 21.7 Å².